The highest BCUT2D eigenvalue weighted by atomic mass is 19.3. The van der Waals surface area contributed by atoms with Crippen LogP contribution in [0, 0.1) is 0 Å². The Labute approximate surface area is 190 Å². The van der Waals surface area contributed by atoms with Crippen molar-refractivity contribution in [3.63, 3.8) is 0 Å². The van der Waals surface area contributed by atoms with Gasteiger partial charge in [0.15, 0.2) is 0 Å². The van der Waals surface area contributed by atoms with Gasteiger partial charge in [0.2, 0.25) is 0 Å². The third kappa shape index (κ3) is 7.79. The number of hydrogen-bond acceptors (Lipinski definition) is 5. The van der Waals surface area contributed by atoms with Crippen LogP contribution in [0.3, 0.4) is 0 Å². The normalized spacial score (nSPS) is 16.7. The number of halogens is 2. The van der Waals surface area contributed by atoms with Crippen molar-refractivity contribution in [3.05, 3.63) is 76.6 Å². The summed E-state index contributed by atoms with van der Waals surface area (Å²) in [7, 11) is 1.71. The first-order valence-corrected chi connectivity index (χ1v) is 11.1. The number of hydrogen-bond donors (Lipinski definition) is 2. The van der Waals surface area contributed by atoms with Gasteiger partial charge >= 0.3 is 0 Å². The number of rotatable bonds is 10. The summed E-state index contributed by atoms with van der Waals surface area (Å²) < 4.78 is 32.1. The van der Waals surface area contributed by atoms with Crippen LogP contribution in [0.15, 0.2) is 65.4 Å². The molecule has 0 spiro atoms. The number of pyridine rings is 1. The first kappa shape index (κ1) is 25.6. The van der Waals surface area contributed by atoms with Crippen molar-refractivity contribution in [1.29, 1.82) is 0 Å². The van der Waals surface area contributed by atoms with Crippen LogP contribution in [-0.4, -0.2) is 23.1 Å². The Morgan fingerprint density at radius 3 is 2.56 bits per heavy atom. The summed E-state index contributed by atoms with van der Waals surface area (Å²) in [6, 6.07) is 2.74. The monoisotopic (exact) mass is 446 g/mol. The highest BCUT2D eigenvalue weighted by Gasteiger charge is 2.16. The summed E-state index contributed by atoms with van der Waals surface area (Å²) in [5.74, 6) is 6.78. The maximum atomic E-state index is 12.9. The first-order chi connectivity index (χ1) is 15.2. The topological polar surface area (TPSA) is 77.4 Å². The zero-order valence-corrected chi connectivity index (χ0v) is 19.4. The minimum Gasteiger partial charge on any atom is -0.490 e. The second kappa shape index (κ2) is 12.4. The lowest BCUT2D eigenvalue weighted by Crippen LogP contribution is -2.29. The molecule has 4 N–H and O–H groups in total. The van der Waals surface area contributed by atoms with Crippen LogP contribution in [0.2, 0.25) is 0 Å². The summed E-state index contributed by atoms with van der Waals surface area (Å²) in [5, 5.41) is 1.46. The smallest absolute Gasteiger partial charge is 0.263 e. The van der Waals surface area contributed by atoms with Crippen LogP contribution in [0.25, 0.3) is 0 Å². The number of alkyl halides is 2. The molecular formula is C25H36F2N4O. The Bertz CT molecular complexity index is 868. The lowest BCUT2D eigenvalue weighted by molar-refractivity contribution is 0.0876. The zero-order chi connectivity index (χ0) is 23.7. The van der Waals surface area contributed by atoms with Crippen molar-refractivity contribution < 1.29 is 13.5 Å². The number of hydrazine groups is 1. The molecule has 1 aliphatic rings. The van der Waals surface area contributed by atoms with E-state index in [4.69, 9.17) is 16.3 Å². The fraction of sp³-hybridized carbons (Fsp3) is 0.480. The summed E-state index contributed by atoms with van der Waals surface area (Å²) in [6.07, 6.45) is 9.63. The number of nitrogens with two attached hydrogens (primary N) is 2. The summed E-state index contributed by atoms with van der Waals surface area (Å²) in [4.78, 5) is 4.19. The van der Waals surface area contributed by atoms with Crippen molar-refractivity contribution in [1.82, 2.24) is 9.99 Å². The maximum absolute atomic E-state index is 12.9. The molecule has 1 aromatic heterocycles. The number of aromatic nitrogens is 1. The third-order valence-electron chi connectivity index (χ3n) is 5.62. The van der Waals surface area contributed by atoms with E-state index in [1.54, 1.807) is 7.05 Å². The average Bonchev–Trinajstić information content (AvgIpc) is 2.76. The molecule has 0 atom stereocenters. The maximum Gasteiger partial charge on any atom is 0.263 e. The largest absolute Gasteiger partial charge is 0.490 e. The zero-order valence-electron chi connectivity index (χ0n) is 19.4. The van der Waals surface area contributed by atoms with Gasteiger partial charge in [-0.05, 0) is 81.7 Å². The SMILES string of the molecule is C=C(C)\C(=C/C=C(C)/C(N)=C(\CCc1cc(C(F)F)ccn1)N(C)N)OC1CCCCC1. The molecule has 7 heteroatoms. The van der Waals surface area contributed by atoms with Crippen LogP contribution in [0.4, 0.5) is 8.78 Å². The number of ether oxygens (including phenoxy) is 1. The van der Waals surface area contributed by atoms with Gasteiger partial charge in [0.25, 0.3) is 6.43 Å². The molecule has 0 amide bonds. The first-order valence-electron chi connectivity index (χ1n) is 11.1. The van der Waals surface area contributed by atoms with E-state index in [0.717, 1.165) is 29.7 Å². The molecule has 0 aromatic carbocycles. The summed E-state index contributed by atoms with van der Waals surface area (Å²) in [5.41, 5.74) is 9.88. The molecule has 176 valence electrons. The summed E-state index contributed by atoms with van der Waals surface area (Å²) >= 11 is 0. The molecule has 0 bridgehead atoms. The molecular weight excluding hydrogens is 410 g/mol. The third-order valence-corrected chi connectivity index (χ3v) is 5.62. The Morgan fingerprint density at radius 2 is 1.97 bits per heavy atom. The molecule has 0 unspecified atom stereocenters. The van der Waals surface area contributed by atoms with E-state index >= 15 is 0 Å². The number of allylic oxidation sites excluding steroid dienone is 5. The molecule has 1 heterocycles. The van der Waals surface area contributed by atoms with Gasteiger partial charge in [-0.2, -0.15) is 0 Å². The van der Waals surface area contributed by atoms with Gasteiger partial charge in [0.1, 0.15) is 5.76 Å². The molecule has 1 aliphatic carbocycles. The van der Waals surface area contributed by atoms with Crippen molar-refractivity contribution in [2.24, 2.45) is 11.6 Å². The fourth-order valence-electron chi connectivity index (χ4n) is 3.68. The van der Waals surface area contributed by atoms with Gasteiger partial charge in [-0.15, -0.1) is 0 Å². The van der Waals surface area contributed by atoms with Crippen LogP contribution >= 0.6 is 0 Å². The lowest BCUT2D eigenvalue weighted by atomic mass is 9.97. The molecule has 1 aromatic rings. The van der Waals surface area contributed by atoms with Crippen LogP contribution in [0.1, 0.15) is 70.1 Å². The molecule has 0 aliphatic heterocycles. The summed E-state index contributed by atoms with van der Waals surface area (Å²) in [6.45, 7) is 7.87. The van der Waals surface area contributed by atoms with Gasteiger partial charge in [-0.1, -0.05) is 19.1 Å². The molecule has 0 radical (unpaired) electrons. The molecule has 0 saturated heterocycles. The highest BCUT2D eigenvalue weighted by Crippen LogP contribution is 2.25. The quantitative estimate of drug-likeness (QED) is 0.209. The second-order valence-corrected chi connectivity index (χ2v) is 8.39. The van der Waals surface area contributed by atoms with Crippen LogP contribution < -0.4 is 11.6 Å². The van der Waals surface area contributed by atoms with Gasteiger partial charge in [-0.25, -0.2) is 14.6 Å². The van der Waals surface area contributed by atoms with E-state index in [1.807, 2.05) is 26.0 Å². The minimum absolute atomic E-state index is 0.0406. The molecule has 5 nitrogen and oxygen atoms in total. The van der Waals surface area contributed by atoms with Gasteiger partial charge in [-0.3, -0.25) is 4.98 Å². The predicted octanol–water partition coefficient (Wildman–Crippen LogP) is 5.68. The van der Waals surface area contributed by atoms with Crippen molar-refractivity contribution in [3.8, 4) is 0 Å². The predicted molar refractivity (Wildman–Crippen MR) is 125 cm³/mol. The van der Waals surface area contributed by atoms with E-state index < -0.39 is 6.43 Å². The van der Waals surface area contributed by atoms with Crippen molar-refractivity contribution in [2.75, 3.05) is 7.05 Å². The number of nitrogens with zero attached hydrogens (tertiary/aromatic N) is 2. The number of aryl methyl sites for hydroxylation is 1. The molecule has 32 heavy (non-hydrogen) atoms. The van der Waals surface area contributed by atoms with E-state index in [2.05, 4.69) is 11.6 Å². The van der Waals surface area contributed by atoms with Crippen LogP contribution in [0.5, 0.6) is 0 Å². The second-order valence-electron chi connectivity index (χ2n) is 8.39. The van der Waals surface area contributed by atoms with E-state index in [1.165, 1.54) is 42.6 Å². The fourth-order valence-corrected chi connectivity index (χ4v) is 3.68. The van der Waals surface area contributed by atoms with Crippen LogP contribution in [-0.2, 0) is 11.2 Å². The van der Waals surface area contributed by atoms with E-state index in [0.29, 0.717) is 29.9 Å². The minimum atomic E-state index is -2.52. The Kier molecular flexibility index (Phi) is 9.91. The van der Waals surface area contributed by atoms with Gasteiger partial charge in [0, 0.05) is 24.5 Å². The van der Waals surface area contributed by atoms with Gasteiger partial charge in [0.05, 0.1) is 17.5 Å². The molecule has 1 saturated carbocycles. The molecule has 2 rings (SSSR count). The van der Waals surface area contributed by atoms with Crippen molar-refractivity contribution >= 4 is 0 Å². The highest BCUT2D eigenvalue weighted by molar-refractivity contribution is 5.36. The Balaban J connectivity index is 2.17. The standard InChI is InChI=1S/C25H36F2N4O/c1-17(2)23(32-21-8-6-5-7-9-21)13-10-18(3)24(28)22(31(4)29)12-11-20-16-19(25(26)27)14-15-30-20/h10,13-16,21,25H,1,5-9,11-12,28-29H2,2-4H3/b18-10+,23-13+,24-22-. The van der Waals surface area contributed by atoms with Gasteiger partial charge < -0.3 is 15.5 Å². The average molecular weight is 447 g/mol. The van der Waals surface area contributed by atoms with E-state index in [9.17, 15) is 8.78 Å². The Hall–Kier alpha value is -2.67. The van der Waals surface area contributed by atoms with E-state index in [-0.39, 0.29) is 11.7 Å². The molecule has 1 fully saturated rings. The van der Waals surface area contributed by atoms with Crippen molar-refractivity contribution in [2.45, 2.75) is 71.3 Å². The lowest BCUT2D eigenvalue weighted by Gasteiger charge is -2.24. The Morgan fingerprint density at radius 1 is 1.28 bits per heavy atom.